The molecule has 2 aromatic heterocycles. The second-order valence-electron chi connectivity index (χ2n) is 5.41. The van der Waals surface area contributed by atoms with Gasteiger partial charge in [-0.15, -0.1) is 0 Å². The summed E-state index contributed by atoms with van der Waals surface area (Å²) in [5.41, 5.74) is 2.14. The molecule has 0 spiro atoms. The lowest BCUT2D eigenvalue weighted by molar-refractivity contribution is 0.0907. The average Bonchev–Trinajstić information content (AvgIpc) is 3.20. The lowest BCUT2D eigenvalue weighted by Crippen LogP contribution is -2.30. The Morgan fingerprint density at radius 3 is 2.68 bits per heavy atom. The molecule has 1 unspecified atom stereocenters. The van der Waals surface area contributed by atoms with E-state index in [2.05, 4.69) is 10.3 Å². The van der Waals surface area contributed by atoms with Gasteiger partial charge in [0.2, 0.25) is 0 Å². The third kappa shape index (κ3) is 3.87. The molecule has 1 atom stereocenters. The SMILES string of the molecule is COc1ccc(-c2cncc(C(=O)NC(CO)c3ccco3)c2)cc1. The fourth-order valence-corrected chi connectivity index (χ4v) is 2.44. The Morgan fingerprint density at radius 1 is 1.24 bits per heavy atom. The Kier molecular flexibility index (Phi) is 5.11. The number of ether oxygens (including phenoxy) is 1. The molecule has 6 nitrogen and oxygen atoms in total. The molecule has 0 fully saturated rings. The van der Waals surface area contributed by atoms with Crippen LogP contribution in [-0.4, -0.2) is 29.7 Å². The summed E-state index contributed by atoms with van der Waals surface area (Å²) in [4.78, 5) is 16.6. The Bertz CT molecular complexity index is 829. The predicted octanol–water partition coefficient (Wildman–Crippen LogP) is 2.81. The van der Waals surface area contributed by atoms with Crippen molar-refractivity contribution in [3.8, 4) is 16.9 Å². The summed E-state index contributed by atoms with van der Waals surface area (Å²) >= 11 is 0. The number of aromatic nitrogens is 1. The maximum absolute atomic E-state index is 12.5. The topological polar surface area (TPSA) is 84.6 Å². The monoisotopic (exact) mass is 338 g/mol. The normalized spacial score (nSPS) is 11.8. The van der Waals surface area contributed by atoms with Gasteiger partial charge in [-0.05, 0) is 35.9 Å². The van der Waals surface area contributed by atoms with Gasteiger partial charge < -0.3 is 19.6 Å². The molecule has 0 bridgehead atoms. The summed E-state index contributed by atoms with van der Waals surface area (Å²) in [5.74, 6) is 0.920. The van der Waals surface area contributed by atoms with Crippen LogP contribution in [0.3, 0.4) is 0 Å². The minimum atomic E-state index is -0.604. The Balaban J connectivity index is 1.79. The molecule has 0 aliphatic heterocycles. The molecule has 128 valence electrons. The van der Waals surface area contributed by atoms with Gasteiger partial charge in [-0.3, -0.25) is 9.78 Å². The van der Waals surface area contributed by atoms with Crippen LogP contribution in [0.15, 0.2) is 65.5 Å². The minimum Gasteiger partial charge on any atom is -0.497 e. The predicted molar refractivity (Wildman–Crippen MR) is 92.2 cm³/mol. The van der Waals surface area contributed by atoms with Crippen LogP contribution in [-0.2, 0) is 0 Å². The quantitative estimate of drug-likeness (QED) is 0.722. The van der Waals surface area contributed by atoms with Crippen LogP contribution in [0.2, 0.25) is 0 Å². The molecule has 0 saturated heterocycles. The van der Waals surface area contributed by atoms with E-state index in [1.54, 1.807) is 31.5 Å². The standard InChI is InChI=1S/C19H18N2O4/c1-24-16-6-4-13(5-7-16)14-9-15(11-20-10-14)19(23)21-17(12-22)18-3-2-8-25-18/h2-11,17,22H,12H2,1H3,(H,21,23). The van der Waals surface area contributed by atoms with E-state index >= 15 is 0 Å². The summed E-state index contributed by atoms with van der Waals surface area (Å²) < 4.78 is 10.4. The molecule has 0 aliphatic carbocycles. The van der Waals surface area contributed by atoms with E-state index in [0.717, 1.165) is 16.9 Å². The molecule has 2 N–H and O–H groups in total. The van der Waals surface area contributed by atoms with Crippen molar-refractivity contribution in [2.24, 2.45) is 0 Å². The number of aliphatic hydroxyl groups is 1. The molecule has 0 aliphatic rings. The van der Waals surface area contributed by atoms with Crippen molar-refractivity contribution in [1.82, 2.24) is 10.3 Å². The molecule has 25 heavy (non-hydrogen) atoms. The number of furan rings is 1. The number of benzene rings is 1. The molecular weight excluding hydrogens is 320 g/mol. The van der Waals surface area contributed by atoms with Crippen molar-refractivity contribution >= 4 is 5.91 Å². The molecule has 6 heteroatoms. The first-order chi connectivity index (χ1) is 12.2. The van der Waals surface area contributed by atoms with E-state index in [1.165, 1.54) is 12.5 Å². The number of pyridine rings is 1. The first-order valence-corrected chi connectivity index (χ1v) is 7.76. The van der Waals surface area contributed by atoms with E-state index < -0.39 is 6.04 Å². The zero-order valence-electron chi connectivity index (χ0n) is 13.7. The van der Waals surface area contributed by atoms with Gasteiger partial charge in [0.05, 0.1) is 25.5 Å². The molecule has 1 aromatic carbocycles. The first kappa shape index (κ1) is 16.7. The second-order valence-corrected chi connectivity index (χ2v) is 5.41. The Morgan fingerprint density at radius 2 is 2.04 bits per heavy atom. The molecular formula is C19H18N2O4. The molecule has 1 amide bonds. The average molecular weight is 338 g/mol. The van der Waals surface area contributed by atoms with Crippen molar-refractivity contribution in [2.45, 2.75) is 6.04 Å². The zero-order chi connectivity index (χ0) is 17.6. The van der Waals surface area contributed by atoms with Crippen LogP contribution in [0, 0.1) is 0 Å². The fourth-order valence-electron chi connectivity index (χ4n) is 2.44. The molecule has 2 heterocycles. The molecule has 3 rings (SSSR count). The van der Waals surface area contributed by atoms with Crippen LogP contribution in [0.5, 0.6) is 5.75 Å². The van der Waals surface area contributed by atoms with E-state index in [4.69, 9.17) is 9.15 Å². The van der Waals surface area contributed by atoms with Crippen LogP contribution in [0.1, 0.15) is 22.2 Å². The van der Waals surface area contributed by atoms with Gasteiger partial charge in [0.25, 0.3) is 5.91 Å². The number of amides is 1. The number of nitrogens with one attached hydrogen (secondary N) is 1. The van der Waals surface area contributed by atoms with E-state index in [9.17, 15) is 9.90 Å². The van der Waals surface area contributed by atoms with Crippen molar-refractivity contribution in [3.05, 3.63) is 72.4 Å². The van der Waals surface area contributed by atoms with Crippen molar-refractivity contribution in [1.29, 1.82) is 0 Å². The Hall–Kier alpha value is -3.12. The van der Waals surface area contributed by atoms with Crippen molar-refractivity contribution in [3.63, 3.8) is 0 Å². The third-order valence-electron chi connectivity index (χ3n) is 3.80. The van der Waals surface area contributed by atoms with Crippen molar-refractivity contribution in [2.75, 3.05) is 13.7 Å². The number of aliphatic hydroxyl groups excluding tert-OH is 1. The van der Waals surface area contributed by atoms with Gasteiger partial charge in [-0.2, -0.15) is 0 Å². The number of carbonyl (C=O) groups is 1. The highest BCUT2D eigenvalue weighted by Gasteiger charge is 2.17. The van der Waals surface area contributed by atoms with E-state index in [-0.39, 0.29) is 12.5 Å². The van der Waals surface area contributed by atoms with Gasteiger partial charge in [-0.25, -0.2) is 0 Å². The van der Waals surface area contributed by atoms with Crippen LogP contribution in [0.4, 0.5) is 0 Å². The van der Waals surface area contributed by atoms with Gasteiger partial charge in [0.15, 0.2) is 0 Å². The maximum atomic E-state index is 12.5. The lowest BCUT2D eigenvalue weighted by atomic mass is 10.1. The smallest absolute Gasteiger partial charge is 0.253 e. The molecule has 0 radical (unpaired) electrons. The van der Waals surface area contributed by atoms with Crippen LogP contribution < -0.4 is 10.1 Å². The summed E-state index contributed by atoms with van der Waals surface area (Å²) in [6.07, 6.45) is 4.67. The lowest BCUT2D eigenvalue weighted by Gasteiger charge is -2.14. The maximum Gasteiger partial charge on any atom is 0.253 e. The Labute approximate surface area is 145 Å². The number of hydrogen-bond acceptors (Lipinski definition) is 5. The number of hydrogen-bond donors (Lipinski definition) is 2. The van der Waals surface area contributed by atoms with Gasteiger partial charge in [0, 0.05) is 18.0 Å². The summed E-state index contributed by atoms with van der Waals surface area (Å²) in [7, 11) is 1.61. The highest BCUT2D eigenvalue weighted by Crippen LogP contribution is 2.23. The van der Waals surface area contributed by atoms with Gasteiger partial charge in [-0.1, -0.05) is 12.1 Å². The van der Waals surface area contributed by atoms with Gasteiger partial charge >= 0.3 is 0 Å². The molecule has 3 aromatic rings. The summed E-state index contributed by atoms with van der Waals surface area (Å²) in [5, 5.41) is 12.2. The van der Waals surface area contributed by atoms with Gasteiger partial charge in [0.1, 0.15) is 17.6 Å². The third-order valence-corrected chi connectivity index (χ3v) is 3.80. The fraction of sp³-hybridized carbons (Fsp3) is 0.158. The number of rotatable bonds is 6. The van der Waals surface area contributed by atoms with Crippen LogP contribution in [0.25, 0.3) is 11.1 Å². The minimum absolute atomic E-state index is 0.259. The largest absolute Gasteiger partial charge is 0.497 e. The molecule has 0 saturated carbocycles. The van der Waals surface area contributed by atoms with E-state index in [0.29, 0.717) is 11.3 Å². The highest BCUT2D eigenvalue weighted by atomic mass is 16.5. The number of nitrogens with zero attached hydrogens (tertiary/aromatic N) is 1. The zero-order valence-corrected chi connectivity index (χ0v) is 13.7. The number of methoxy groups -OCH3 is 1. The summed E-state index contributed by atoms with van der Waals surface area (Å²) in [6.45, 7) is -0.259. The van der Waals surface area contributed by atoms with E-state index in [1.807, 2.05) is 24.3 Å². The number of carbonyl (C=O) groups excluding carboxylic acids is 1. The highest BCUT2D eigenvalue weighted by molar-refractivity contribution is 5.95. The first-order valence-electron chi connectivity index (χ1n) is 7.76. The van der Waals surface area contributed by atoms with Crippen LogP contribution >= 0.6 is 0 Å². The second kappa shape index (κ2) is 7.63. The summed E-state index contributed by atoms with van der Waals surface area (Å²) in [6, 6.07) is 12.0. The van der Waals surface area contributed by atoms with Crippen molar-refractivity contribution < 1.29 is 19.1 Å².